The van der Waals surface area contributed by atoms with Crippen molar-refractivity contribution in [2.45, 2.75) is 32.1 Å². The van der Waals surface area contributed by atoms with Crippen LogP contribution in [0.1, 0.15) is 32.1 Å². The van der Waals surface area contributed by atoms with E-state index < -0.39 is 0 Å². The first-order valence-electron chi connectivity index (χ1n) is 9.84. The molecule has 0 saturated carbocycles. The van der Waals surface area contributed by atoms with Crippen LogP contribution in [-0.2, 0) is 14.3 Å². The Morgan fingerprint density at radius 3 is 2.48 bits per heavy atom. The highest BCUT2D eigenvalue weighted by atomic mass is 16.5. The lowest BCUT2D eigenvalue weighted by molar-refractivity contribution is -0.872. The summed E-state index contributed by atoms with van der Waals surface area (Å²) < 4.78 is 10.7. The molecule has 0 aromatic heterocycles. The number of quaternary nitrogens is 1. The summed E-state index contributed by atoms with van der Waals surface area (Å²) in [6.45, 7) is 3.44. The van der Waals surface area contributed by atoms with E-state index in [9.17, 15) is 9.59 Å². The quantitative estimate of drug-likeness (QED) is 0.811. The molecule has 1 aliphatic carbocycles. The van der Waals surface area contributed by atoms with E-state index in [1.54, 1.807) is 31.4 Å². The fourth-order valence-electron chi connectivity index (χ4n) is 4.54. The molecule has 2 fully saturated rings. The Kier molecular flexibility index (Phi) is 5.27. The Labute approximate surface area is 159 Å². The van der Waals surface area contributed by atoms with Crippen molar-refractivity contribution in [2.75, 3.05) is 38.3 Å². The predicted octanol–water partition coefficient (Wildman–Crippen LogP) is 1.32. The molecule has 1 atom stereocenters. The van der Waals surface area contributed by atoms with Crippen molar-refractivity contribution in [3.8, 4) is 5.75 Å². The number of carbonyl (C=O) groups excluding carboxylic acids is 2. The first-order valence-corrected chi connectivity index (χ1v) is 9.84. The standard InChI is InChI=1S/C21H26N2O4/c1-26-16-8-6-15(7-9-16)23-20(24)14-18(21(23)25)17-4-2-3-5-19(17)22-10-12-27-13-11-22/h6-9,18H,2-5,10-14H2,1H3/p+1/t18-/m0/s1. The first-order chi connectivity index (χ1) is 13.2. The summed E-state index contributed by atoms with van der Waals surface area (Å²) in [5, 5.41) is 0. The minimum Gasteiger partial charge on any atom is -0.497 e. The van der Waals surface area contributed by atoms with Gasteiger partial charge < -0.3 is 14.4 Å². The van der Waals surface area contributed by atoms with E-state index in [0.29, 0.717) is 11.4 Å². The topological polar surface area (TPSA) is 60.3 Å². The Balaban J connectivity index is 1.62. The summed E-state index contributed by atoms with van der Waals surface area (Å²) in [7, 11) is 1.60. The molecular formula is C21H27N2O4+. The van der Waals surface area contributed by atoms with Crippen LogP contribution in [0.3, 0.4) is 0 Å². The van der Waals surface area contributed by atoms with Crippen LogP contribution >= 0.6 is 0 Å². The molecule has 6 heteroatoms. The van der Waals surface area contributed by atoms with E-state index in [0.717, 1.165) is 45.6 Å². The number of nitrogens with one attached hydrogen (secondary N) is 1. The molecule has 1 aromatic carbocycles. The Hall–Kier alpha value is -2.18. The molecular weight excluding hydrogens is 344 g/mol. The molecule has 1 N–H and O–H groups in total. The maximum absolute atomic E-state index is 13.2. The molecule has 0 bridgehead atoms. The molecule has 3 aliphatic rings. The van der Waals surface area contributed by atoms with Gasteiger partial charge in [-0.15, -0.1) is 0 Å². The minimum absolute atomic E-state index is 0.0766. The van der Waals surface area contributed by atoms with Gasteiger partial charge in [0.2, 0.25) is 11.8 Å². The van der Waals surface area contributed by atoms with Gasteiger partial charge in [0.15, 0.2) is 0 Å². The maximum Gasteiger partial charge on any atom is 0.241 e. The van der Waals surface area contributed by atoms with Crippen LogP contribution in [0.4, 0.5) is 5.69 Å². The number of amides is 2. The number of hydrogen-bond donors (Lipinski definition) is 1. The van der Waals surface area contributed by atoms with E-state index in [2.05, 4.69) is 0 Å². The number of nitrogens with zero attached hydrogens (tertiary/aromatic N) is 1. The number of rotatable bonds is 4. The fraction of sp³-hybridized carbons (Fsp3) is 0.524. The zero-order valence-corrected chi connectivity index (χ0v) is 15.8. The van der Waals surface area contributed by atoms with Crippen LogP contribution < -0.4 is 14.5 Å². The Bertz CT molecular complexity index is 750. The number of anilines is 1. The van der Waals surface area contributed by atoms with Gasteiger partial charge in [-0.25, -0.2) is 0 Å². The average molecular weight is 371 g/mol. The normalized spacial score (nSPS) is 24.6. The van der Waals surface area contributed by atoms with Gasteiger partial charge in [0.05, 0.1) is 31.9 Å². The molecule has 27 heavy (non-hydrogen) atoms. The number of ether oxygens (including phenoxy) is 2. The lowest BCUT2D eigenvalue weighted by Gasteiger charge is -2.31. The highest BCUT2D eigenvalue weighted by Crippen LogP contribution is 2.36. The average Bonchev–Trinajstić information content (AvgIpc) is 3.02. The smallest absolute Gasteiger partial charge is 0.241 e. The highest BCUT2D eigenvalue weighted by Gasteiger charge is 2.44. The van der Waals surface area contributed by atoms with Gasteiger partial charge >= 0.3 is 0 Å². The number of allylic oxidation sites excluding steroid dienone is 1. The van der Waals surface area contributed by atoms with Gasteiger partial charge in [-0.05, 0) is 49.1 Å². The Morgan fingerprint density at radius 2 is 1.78 bits per heavy atom. The summed E-state index contributed by atoms with van der Waals surface area (Å²) in [6.07, 6.45) is 4.52. The van der Waals surface area contributed by atoms with Gasteiger partial charge in [0, 0.05) is 12.8 Å². The van der Waals surface area contributed by atoms with Gasteiger partial charge in [-0.1, -0.05) is 0 Å². The number of morpholine rings is 1. The van der Waals surface area contributed by atoms with Gasteiger partial charge in [-0.2, -0.15) is 0 Å². The van der Waals surface area contributed by atoms with Crippen LogP contribution in [-0.4, -0.2) is 45.2 Å². The lowest BCUT2D eigenvalue weighted by Crippen LogP contribution is -3.12. The monoisotopic (exact) mass is 371 g/mol. The Morgan fingerprint density at radius 1 is 1.07 bits per heavy atom. The summed E-state index contributed by atoms with van der Waals surface area (Å²) in [4.78, 5) is 28.7. The number of hydrogen-bond acceptors (Lipinski definition) is 4. The van der Waals surface area contributed by atoms with Crippen molar-refractivity contribution in [1.29, 1.82) is 0 Å². The van der Waals surface area contributed by atoms with Crippen LogP contribution in [0.25, 0.3) is 0 Å². The van der Waals surface area contributed by atoms with Crippen molar-refractivity contribution < 1.29 is 24.0 Å². The van der Waals surface area contributed by atoms with Gasteiger partial charge in [0.25, 0.3) is 0 Å². The second-order valence-corrected chi connectivity index (χ2v) is 7.45. The van der Waals surface area contributed by atoms with Gasteiger partial charge in [-0.3, -0.25) is 14.5 Å². The molecule has 4 rings (SSSR count). The third-order valence-corrected chi connectivity index (χ3v) is 5.93. The fourth-order valence-corrected chi connectivity index (χ4v) is 4.54. The lowest BCUT2D eigenvalue weighted by atomic mass is 9.85. The number of imide groups is 1. The third-order valence-electron chi connectivity index (χ3n) is 5.93. The molecule has 2 aliphatic heterocycles. The zero-order valence-electron chi connectivity index (χ0n) is 15.8. The predicted molar refractivity (Wildman–Crippen MR) is 101 cm³/mol. The molecule has 6 nitrogen and oxygen atoms in total. The van der Waals surface area contributed by atoms with Crippen molar-refractivity contribution in [3.05, 3.63) is 35.5 Å². The number of benzene rings is 1. The molecule has 2 heterocycles. The van der Waals surface area contributed by atoms with Crippen molar-refractivity contribution >= 4 is 17.5 Å². The molecule has 2 saturated heterocycles. The van der Waals surface area contributed by atoms with E-state index >= 15 is 0 Å². The summed E-state index contributed by atoms with van der Waals surface area (Å²) in [6, 6.07) is 7.12. The SMILES string of the molecule is COc1ccc(N2C(=O)C[C@@H](C3=C([NH+]4CCOCC4)CCCC3)C2=O)cc1. The van der Waals surface area contributed by atoms with E-state index in [1.807, 2.05) is 0 Å². The second-order valence-electron chi connectivity index (χ2n) is 7.45. The van der Waals surface area contributed by atoms with Crippen molar-refractivity contribution in [2.24, 2.45) is 5.92 Å². The summed E-state index contributed by atoms with van der Waals surface area (Å²) in [5.41, 5.74) is 3.21. The first kappa shape index (κ1) is 18.2. The number of carbonyl (C=O) groups is 2. The molecule has 1 aromatic rings. The second kappa shape index (κ2) is 7.82. The van der Waals surface area contributed by atoms with Crippen LogP contribution in [0.15, 0.2) is 35.5 Å². The molecule has 0 spiro atoms. The van der Waals surface area contributed by atoms with E-state index in [-0.39, 0.29) is 24.2 Å². The zero-order chi connectivity index (χ0) is 18.8. The van der Waals surface area contributed by atoms with Crippen LogP contribution in [0.5, 0.6) is 5.75 Å². The third kappa shape index (κ3) is 3.51. The largest absolute Gasteiger partial charge is 0.497 e. The van der Waals surface area contributed by atoms with Crippen molar-refractivity contribution in [3.63, 3.8) is 0 Å². The minimum atomic E-state index is -0.301. The molecule has 2 amide bonds. The van der Waals surface area contributed by atoms with E-state index in [4.69, 9.17) is 9.47 Å². The van der Waals surface area contributed by atoms with E-state index in [1.165, 1.54) is 27.5 Å². The summed E-state index contributed by atoms with van der Waals surface area (Å²) in [5.74, 6) is 0.227. The summed E-state index contributed by atoms with van der Waals surface area (Å²) >= 11 is 0. The van der Waals surface area contributed by atoms with Crippen LogP contribution in [0, 0.1) is 5.92 Å². The van der Waals surface area contributed by atoms with Crippen molar-refractivity contribution in [1.82, 2.24) is 0 Å². The maximum atomic E-state index is 13.2. The number of methoxy groups -OCH3 is 1. The molecule has 0 unspecified atom stereocenters. The highest BCUT2D eigenvalue weighted by molar-refractivity contribution is 6.21. The molecule has 0 radical (unpaired) electrons. The van der Waals surface area contributed by atoms with Crippen LogP contribution in [0.2, 0.25) is 0 Å². The molecule has 144 valence electrons. The van der Waals surface area contributed by atoms with Gasteiger partial charge in [0.1, 0.15) is 24.5 Å².